The number of hydrogen-bond acceptors (Lipinski definition) is 4. The van der Waals surface area contributed by atoms with Crippen LogP contribution in [0.15, 0.2) is 18.2 Å². The van der Waals surface area contributed by atoms with Crippen LogP contribution in [0.5, 0.6) is 0 Å². The standard InChI is InChI=1S/C13H13FN2O2S/c14-8-5-10(16-3-1-15-2-4-16)9-7-12(13(17)18)19-11(9)6-8/h5-7,15H,1-4H2,(H,17,18). The molecule has 1 aliphatic rings. The number of piperazine rings is 1. The van der Waals surface area contributed by atoms with Crippen molar-refractivity contribution in [2.75, 3.05) is 31.1 Å². The number of hydrogen-bond donors (Lipinski definition) is 2. The first kappa shape index (κ1) is 12.4. The monoisotopic (exact) mass is 280 g/mol. The van der Waals surface area contributed by atoms with Gasteiger partial charge in [0.1, 0.15) is 10.7 Å². The Hall–Kier alpha value is -1.66. The fraction of sp³-hybridized carbons (Fsp3) is 0.308. The molecule has 0 amide bonds. The van der Waals surface area contributed by atoms with E-state index in [9.17, 15) is 9.18 Å². The highest BCUT2D eigenvalue weighted by Gasteiger charge is 2.18. The zero-order chi connectivity index (χ0) is 13.4. The fourth-order valence-electron chi connectivity index (χ4n) is 2.36. The third kappa shape index (κ3) is 2.29. The number of benzene rings is 1. The molecule has 2 heterocycles. The van der Waals surface area contributed by atoms with Crippen LogP contribution in [0.2, 0.25) is 0 Å². The van der Waals surface area contributed by atoms with E-state index in [1.54, 1.807) is 6.07 Å². The van der Waals surface area contributed by atoms with E-state index >= 15 is 0 Å². The third-order valence-corrected chi connectivity index (χ3v) is 4.32. The highest BCUT2D eigenvalue weighted by atomic mass is 32.1. The molecule has 0 radical (unpaired) electrons. The molecule has 1 saturated heterocycles. The van der Waals surface area contributed by atoms with Crippen molar-refractivity contribution in [1.82, 2.24) is 5.32 Å². The van der Waals surface area contributed by atoms with Crippen LogP contribution >= 0.6 is 11.3 Å². The van der Waals surface area contributed by atoms with Gasteiger partial charge in [-0.15, -0.1) is 11.3 Å². The number of fused-ring (bicyclic) bond motifs is 1. The number of carboxylic acids is 1. The van der Waals surface area contributed by atoms with Crippen molar-refractivity contribution in [2.24, 2.45) is 0 Å². The lowest BCUT2D eigenvalue weighted by Crippen LogP contribution is -2.43. The Balaban J connectivity index is 2.13. The van der Waals surface area contributed by atoms with Gasteiger partial charge < -0.3 is 15.3 Å². The second-order valence-electron chi connectivity index (χ2n) is 4.49. The van der Waals surface area contributed by atoms with E-state index < -0.39 is 5.97 Å². The maximum atomic E-state index is 13.7. The summed E-state index contributed by atoms with van der Waals surface area (Å²) in [7, 11) is 0. The number of aromatic carboxylic acids is 1. The van der Waals surface area contributed by atoms with Crippen molar-refractivity contribution < 1.29 is 14.3 Å². The average Bonchev–Trinajstić information content (AvgIpc) is 2.82. The van der Waals surface area contributed by atoms with Crippen LogP contribution in [0.4, 0.5) is 10.1 Å². The van der Waals surface area contributed by atoms with Crippen molar-refractivity contribution in [3.8, 4) is 0 Å². The van der Waals surface area contributed by atoms with Crippen LogP contribution in [0.1, 0.15) is 9.67 Å². The molecule has 1 aromatic heterocycles. The molecule has 4 nitrogen and oxygen atoms in total. The topological polar surface area (TPSA) is 52.6 Å². The zero-order valence-corrected chi connectivity index (χ0v) is 11.0. The maximum Gasteiger partial charge on any atom is 0.345 e. The Labute approximate surface area is 113 Å². The Morgan fingerprint density at radius 3 is 2.74 bits per heavy atom. The van der Waals surface area contributed by atoms with Crippen LogP contribution in [-0.4, -0.2) is 37.3 Å². The van der Waals surface area contributed by atoms with Crippen molar-refractivity contribution in [2.45, 2.75) is 0 Å². The fourth-order valence-corrected chi connectivity index (χ4v) is 3.31. The van der Waals surface area contributed by atoms with Gasteiger partial charge >= 0.3 is 5.97 Å². The number of nitrogens with one attached hydrogen (secondary N) is 1. The summed E-state index contributed by atoms with van der Waals surface area (Å²) in [4.78, 5) is 13.4. The third-order valence-electron chi connectivity index (χ3n) is 3.25. The van der Waals surface area contributed by atoms with E-state index in [4.69, 9.17) is 5.11 Å². The number of carbonyl (C=O) groups is 1. The molecular formula is C13H13FN2O2S. The van der Waals surface area contributed by atoms with Gasteiger partial charge in [-0.1, -0.05) is 0 Å². The molecule has 0 atom stereocenters. The molecule has 6 heteroatoms. The SMILES string of the molecule is O=C(O)c1cc2c(N3CCNCC3)cc(F)cc2s1. The number of rotatable bonds is 2. The molecule has 1 fully saturated rings. The highest BCUT2D eigenvalue weighted by Crippen LogP contribution is 2.34. The van der Waals surface area contributed by atoms with Gasteiger partial charge in [0, 0.05) is 42.0 Å². The molecular weight excluding hydrogens is 267 g/mol. The molecule has 0 aliphatic carbocycles. The van der Waals surface area contributed by atoms with E-state index in [1.165, 1.54) is 12.1 Å². The van der Waals surface area contributed by atoms with E-state index in [2.05, 4.69) is 10.2 Å². The van der Waals surface area contributed by atoms with Gasteiger partial charge in [0.25, 0.3) is 0 Å². The smallest absolute Gasteiger partial charge is 0.345 e. The molecule has 3 rings (SSSR count). The van der Waals surface area contributed by atoms with Crippen LogP contribution in [0, 0.1) is 5.82 Å². The summed E-state index contributed by atoms with van der Waals surface area (Å²) in [6, 6.07) is 4.53. The summed E-state index contributed by atoms with van der Waals surface area (Å²) in [5.74, 6) is -1.28. The largest absolute Gasteiger partial charge is 0.477 e. The summed E-state index contributed by atoms with van der Waals surface area (Å²) in [5, 5.41) is 13.1. The quantitative estimate of drug-likeness (QED) is 0.885. The predicted molar refractivity (Wildman–Crippen MR) is 73.8 cm³/mol. The lowest BCUT2D eigenvalue weighted by atomic mass is 10.1. The second kappa shape index (κ2) is 4.79. The molecule has 0 spiro atoms. The van der Waals surface area contributed by atoms with Crippen molar-refractivity contribution in [1.29, 1.82) is 0 Å². The van der Waals surface area contributed by atoms with Crippen LogP contribution in [0.3, 0.4) is 0 Å². The van der Waals surface area contributed by atoms with Crippen LogP contribution in [0.25, 0.3) is 10.1 Å². The summed E-state index contributed by atoms with van der Waals surface area (Å²) in [6.45, 7) is 3.31. The Kier molecular flexibility index (Phi) is 3.12. The van der Waals surface area contributed by atoms with E-state index in [-0.39, 0.29) is 10.7 Å². The predicted octanol–water partition coefficient (Wildman–Crippen LogP) is 2.15. The number of anilines is 1. The minimum absolute atomic E-state index is 0.247. The van der Waals surface area contributed by atoms with Gasteiger partial charge in [-0.05, 0) is 18.2 Å². The first-order valence-corrected chi connectivity index (χ1v) is 6.89. The van der Waals surface area contributed by atoms with E-state index in [0.29, 0.717) is 4.70 Å². The van der Waals surface area contributed by atoms with Gasteiger partial charge in [0.2, 0.25) is 0 Å². The molecule has 1 aromatic carbocycles. The number of carboxylic acid groups (broad SMARTS) is 1. The molecule has 0 unspecified atom stereocenters. The van der Waals surface area contributed by atoms with Gasteiger partial charge in [-0.25, -0.2) is 9.18 Å². The Morgan fingerprint density at radius 2 is 2.05 bits per heavy atom. The molecule has 2 aromatic rings. The number of halogens is 1. The first-order chi connectivity index (χ1) is 9.15. The van der Waals surface area contributed by atoms with E-state index in [0.717, 1.165) is 48.6 Å². The minimum Gasteiger partial charge on any atom is -0.477 e. The van der Waals surface area contributed by atoms with Crippen LogP contribution < -0.4 is 10.2 Å². The first-order valence-electron chi connectivity index (χ1n) is 6.07. The van der Waals surface area contributed by atoms with Crippen molar-refractivity contribution in [3.05, 3.63) is 28.9 Å². The summed E-state index contributed by atoms with van der Waals surface area (Å²) < 4.78 is 14.4. The van der Waals surface area contributed by atoms with Gasteiger partial charge in [0.15, 0.2) is 0 Å². The highest BCUT2D eigenvalue weighted by molar-refractivity contribution is 7.20. The zero-order valence-electron chi connectivity index (χ0n) is 10.1. The molecule has 0 saturated carbocycles. The van der Waals surface area contributed by atoms with E-state index in [1.807, 2.05) is 0 Å². The number of nitrogens with zero attached hydrogens (tertiary/aromatic N) is 1. The van der Waals surface area contributed by atoms with Crippen molar-refractivity contribution >= 4 is 33.1 Å². The van der Waals surface area contributed by atoms with Crippen LogP contribution in [-0.2, 0) is 0 Å². The van der Waals surface area contributed by atoms with Crippen molar-refractivity contribution in [3.63, 3.8) is 0 Å². The number of thiophene rings is 1. The second-order valence-corrected chi connectivity index (χ2v) is 5.57. The molecule has 0 bridgehead atoms. The average molecular weight is 280 g/mol. The van der Waals surface area contributed by atoms with Gasteiger partial charge in [-0.3, -0.25) is 0 Å². The molecule has 100 valence electrons. The lowest BCUT2D eigenvalue weighted by Gasteiger charge is -2.30. The van der Waals surface area contributed by atoms with Gasteiger partial charge in [0.05, 0.1) is 0 Å². The summed E-state index contributed by atoms with van der Waals surface area (Å²) >= 11 is 1.12. The normalized spacial score (nSPS) is 15.9. The Bertz CT molecular complexity index is 635. The molecule has 1 aliphatic heterocycles. The molecule has 2 N–H and O–H groups in total. The summed E-state index contributed by atoms with van der Waals surface area (Å²) in [6.07, 6.45) is 0. The molecule has 19 heavy (non-hydrogen) atoms. The summed E-state index contributed by atoms with van der Waals surface area (Å²) in [5.41, 5.74) is 0.792. The minimum atomic E-state index is -0.965. The maximum absolute atomic E-state index is 13.7. The Morgan fingerprint density at radius 1 is 1.32 bits per heavy atom. The van der Waals surface area contributed by atoms with Gasteiger partial charge in [-0.2, -0.15) is 0 Å². The lowest BCUT2D eigenvalue weighted by molar-refractivity contribution is 0.0702.